The van der Waals surface area contributed by atoms with E-state index in [0.717, 1.165) is 5.70 Å². The van der Waals surface area contributed by atoms with Gasteiger partial charge in [-0.2, -0.15) is 0 Å². The molecule has 0 radical (unpaired) electrons. The summed E-state index contributed by atoms with van der Waals surface area (Å²) in [6.07, 6.45) is 12.1. The van der Waals surface area contributed by atoms with Crippen LogP contribution in [0.25, 0.3) is 0 Å². The minimum Gasteiger partial charge on any atom is -0.321 e. The number of aliphatic imine (C=N–C) groups is 1. The van der Waals surface area contributed by atoms with Crippen molar-refractivity contribution in [2.24, 2.45) is 10.4 Å². The number of fused-ring (bicyclic) bond motifs is 1. The van der Waals surface area contributed by atoms with E-state index in [0.29, 0.717) is 0 Å². The highest BCUT2D eigenvalue weighted by Gasteiger charge is 2.18. The van der Waals surface area contributed by atoms with Gasteiger partial charge < -0.3 is 4.90 Å². The largest absolute Gasteiger partial charge is 0.321 e. The zero-order chi connectivity index (χ0) is 8.60. The fourth-order valence-electron chi connectivity index (χ4n) is 1.33. The van der Waals surface area contributed by atoms with Crippen LogP contribution in [0.5, 0.6) is 0 Å². The van der Waals surface area contributed by atoms with Crippen molar-refractivity contribution in [1.29, 1.82) is 0 Å². The molecule has 0 aromatic heterocycles. The summed E-state index contributed by atoms with van der Waals surface area (Å²) in [5.74, 6) is 0. The molecule has 0 bridgehead atoms. The molecule has 0 spiro atoms. The molecule has 2 rings (SSSR count). The van der Waals surface area contributed by atoms with Gasteiger partial charge in [0.2, 0.25) is 0 Å². The molecule has 2 nitrogen and oxygen atoms in total. The van der Waals surface area contributed by atoms with Crippen LogP contribution < -0.4 is 0 Å². The SMILES string of the molecule is CC1(C)C=CN2C=CN=CC2=C1. The first kappa shape index (κ1) is 7.35. The van der Waals surface area contributed by atoms with E-state index in [4.69, 9.17) is 0 Å². The average Bonchev–Trinajstić information content (AvgIpc) is 2.02. The summed E-state index contributed by atoms with van der Waals surface area (Å²) < 4.78 is 0. The van der Waals surface area contributed by atoms with Crippen LogP contribution in [0.3, 0.4) is 0 Å². The minimum atomic E-state index is 0.156. The molecule has 0 N–H and O–H groups in total. The van der Waals surface area contributed by atoms with Gasteiger partial charge >= 0.3 is 0 Å². The standard InChI is InChI=1S/C10H12N2/c1-10(2)3-5-12-6-4-11-8-9(12)7-10/h3-8H,1-2H3. The Hall–Kier alpha value is -1.31. The summed E-state index contributed by atoms with van der Waals surface area (Å²) in [7, 11) is 0. The van der Waals surface area contributed by atoms with E-state index in [1.165, 1.54) is 0 Å². The zero-order valence-corrected chi connectivity index (χ0v) is 7.36. The Morgan fingerprint density at radius 2 is 2.17 bits per heavy atom. The summed E-state index contributed by atoms with van der Waals surface area (Å²) in [6, 6.07) is 0. The summed E-state index contributed by atoms with van der Waals surface area (Å²) >= 11 is 0. The first-order valence-electron chi connectivity index (χ1n) is 4.08. The van der Waals surface area contributed by atoms with E-state index in [2.05, 4.69) is 42.1 Å². The molecule has 2 heteroatoms. The third-order valence-corrected chi connectivity index (χ3v) is 2.00. The van der Waals surface area contributed by atoms with Gasteiger partial charge in [0.05, 0.1) is 11.9 Å². The molecule has 2 aliphatic heterocycles. The number of hydrogen-bond donors (Lipinski definition) is 0. The van der Waals surface area contributed by atoms with E-state index in [1.807, 2.05) is 12.4 Å². The monoisotopic (exact) mass is 160 g/mol. The summed E-state index contributed by atoms with van der Waals surface area (Å²) in [5.41, 5.74) is 1.31. The highest BCUT2D eigenvalue weighted by Crippen LogP contribution is 2.27. The molecule has 2 aliphatic rings. The quantitative estimate of drug-likeness (QED) is 0.530. The van der Waals surface area contributed by atoms with Gasteiger partial charge in [-0.25, -0.2) is 0 Å². The van der Waals surface area contributed by atoms with E-state index < -0.39 is 0 Å². The summed E-state index contributed by atoms with van der Waals surface area (Å²) in [6.45, 7) is 4.36. The molecule has 0 atom stereocenters. The number of nitrogens with zero attached hydrogens (tertiary/aromatic N) is 2. The summed E-state index contributed by atoms with van der Waals surface area (Å²) in [5, 5.41) is 0. The van der Waals surface area contributed by atoms with Crippen LogP contribution in [0.4, 0.5) is 0 Å². The van der Waals surface area contributed by atoms with Gasteiger partial charge in [-0.05, 0) is 6.08 Å². The Morgan fingerprint density at radius 1 is 1.33 bits per heavy atom. The lowest BCUT2D eigenvalue weighted by Gasteiger charge is -2.28. The van der Waals surface area contributed by atoms with Gasteiger partial charge in [0.1, 0.15) is 0 Å². The topological polar surface area (TPSA) is 15.6 Å². The van der Waals surface area contributed by atoms with Gasteiger partial charge in [0, 0.05) is 24.0 Å². The van der Waals surface area contributed by atoms with Gasteiger partial charge in [0.15, 0.2) is 0 Å². The highest BCUT2D eigenvalue weighted by atomic mass is 15.1. The van der Waals surface area contributed by atoms with E-state index >= 15 is 0 Å². The molecule has 0 unspecified atom stereocenters. The lowest BCUT2D eigenvalue weighted by atomic mass is 9.90. The Balaban J connectivity index is 2.36. The van der Waals surface area contributed by atoms with Crippen molar-refractivity contribution in [2.45, 2.75) is 13.8 Å². The predicted molar refractivity (Wildman–Crippen MR) is 50.5 cm³/mol. The first-order valence-corrected chi connectivity index (χ1v) is 4.08. The molecule has 0 aromatic rings. The smallest absolute Gasteiger partial charge is 0.0601 e. The minimum absolute atomic E-state index is 0.156. The molecular formula is C10H12N2. The molecule has 62 valence electrons. The van der Waals surface area contributed by atoms with Crippen LogP contribution in [0, 0.1) is 5.41 Å². The number of allylic oxidation sites excluding steroid dienone is 3. The second kappa shape index (κ2) is 2.34. The fourth-order valence-corrected chi connectivity index (χ4v) is 1.33. The summed E-state index contributed by atoms with van der Waals surface area (Å²) in [4.78, 5) is 6.15. The zero-order valence-electron chi connectivity index (χ0n) is 7.36. The lowest BCUT2D eigenvalue weighted by molar-refractivity contribution is 0.537. The maximum atomic E-state index is 4.08. The highest BCUT2D eigenvalue weighted by molar-refractivity contribution is 5.80. The maximum Gasteiger partial charge on any atom is 0.0601 e. The average molecular weight is 160 g/mol. The number of hydrogen-bond acceptors (Lipinski definition) is 2. The molecule has 0 aliphatic carbocycles. The molecule has 12 heavy (non-hydrogen) atoms. The van der Waals surface area contributed by atoms with Crippen LogP contribution in [-0.4, -0.2) is 11.1 Å². The predicted octanol–water partition coefficient (Wildman–Crippen LogP) is 2.28. The Kier molecular flexibility index (Phi) is 1.43. The lowest BCUT2D eigenvalue weighted by Crippen LogP contribution is -2.21. The normalized spacial score (nSPS) is 23.8. The van der Waals surface area contributed by atoms with Crippen molar-refractivity contribution >= 4 is 6.21 Å². The Bertz CT molecular complexity index is 306. The van der Waals surface area contributed by atoms with Gasteiger partial charge in [-0.1, -0.05) is 19.9 Å². The van der Waals surface area contributed by atoms with E-state index in [-0.39, 0.29) is 5.41 Å². The molecule has 0 saturated heterocycles. The number of rotatable bonds is 0. The van der Waals surface area contributed by atoms with Crippen LogP contribution in [0.15, 0.2) is 41.4 Å². The van der Waals surface area contributed by atoms with Crippen molar-refractivity contribution in [2.75, 3.05) is 0 Å². The van der Waals surface area contributed by atoms with E-state index in [1.54, 1.807) is 6.20 Å². The van der Waals surface area contributed by atoms with E-state index in [9.17, 15) is 0 Å². The first-order chi connectivity index (χ1) is 5.67. The maximum absolute atomic E-state index is 4.08. The fraction of sp³-hybridized carbons (Fsp3) is 0.300. The van der Waals surface area contributed by atoms with Crippen molar-refractivity contribution in [1.82, 2.24) is 4.90 Å². The van der Waals surface area contributed by atoms with Gasteiger partial charge in [-0.3, -0.25) is 4.99 Å². The van der Waals surface area contributed by atoms with Crippen LogP contribution >= 0.6 is 0 Å². The molecule has 0 saturated carbocycles. The van der Waals surface area contributed by atoms with Crippen LogP contribution in [0.1, 0.15) is 13.8 Å². The van der Waals surface area contributed by atoms with Crippen LogP contribution in [0.2, 0.25) is 0 Å². The van der Waals surface area contributed by atoms with Crippen molar-refractivity contribution in [3.05, 3.63) is 36.4 Å². The Labute approximate surface area is 72.6 Å². The second-order valence-electron chi connectivity index (χ2n) is 3.69. The van der Waals surface area contributed by atoms with Gasteiger partial charge in [-0.15, -0.1) is 0 Å². The molecular weight excluding hydrogens is 148 g/mol. The molecule has 0 fully saturated rings. The third-order valence-electron chi connectivity index (χ3n) is 2.00. The third kappa shape index (κ3) is 1.20. The molecule has 2 heterocycles. The van der Waals surface area contributed by atoms with Crippen LogP contribution in [-0.2, 0) is 0 Å². The van der Waals surface area contributed by atoms with Crippen molar-refractivity contribution < 1.29 is 0 Å². The van der Waals surface area contributed by atoms with Crippen molar-refractivity contribution in [3.8, 4) is 0 Å². The molecule has 0 aromatic carbocycles. The molecule has 0 amide bonds. The Morgan fingerprint density at radius 3 is 3.00 bits per heavy atom. The van der Waals surface area contributed by atoms with Gasteiger partial charge in [0.25, 0.3) is 0 Å². The second-order valence-corrected chi connectivity index (χ2v) is 3.69. The van der Waals surface area contributed by atoms with Crippen molar-refractivity contribution in [3.63, 3.8) is 0 Å².